The highest BCUT2D eigenvalue weighted by Gasteiger charge is 2.71. The van der Waals surface area contributed by atoms with Gasteiger partial charge in [0, 0.05) is 45.5 Å². The van der Waals surface area contributed by atoms with Gasteiger partial charge in [-0.3, -0.25) is 14.5 Å². The number of aliphatic hydroxyl groups excluding tert-OH is 2. The van der Waals surface area contributed by atoms with Gasteiger partial charge in [0.15, 0.2) is 0 Å². The Morgan fingerprint density at radius 1 is 0.895 bits per heavy atom. The van der Waals surface area contributed by atoms with E-state index in [2.05, 4.69) is 6.92 Å². The van der Waals surface area contributed by atoms with E-state index < -0.39 is 90.1 Å². The van der Waals surface area contributed by atoms with Gasteiger partial charge in [-0.15, -0.1) is 0 Å². The molecule has 1 aliphatic carbocycles. The Labute approximate surface area is 338 Å². The van der Waals surface area contributed by atoms with Crippen LogP contribution in [0.5, 0.6) is 0 Å². The minimum Gasteiger partial charge on any atom is -0.456 e. The van der Waals surface area contributed by atoms with Gasteiger partial charge in [0.1, 0.15) is 30.3 Å². The fraction of sp³-hybridized carbons (Fsp3) is 0.837. The summed E-state index contributed by atoms with van der Waals surface area (Å²) in [7, 11) is 4.64. The van der Waals surface area contributed by atoms with Crippen molar-refractivity contribution in [3.05, 3.63) is 23.3 Å². The van der Waals surface area contributed by atoms with Gasteiger partial charge < -0.3 is 48.8 Å². The van der Waals surface area contributed by atoms with Gasteiger partial charge in [0.2, 0.25) is 5.79 Å². The molecule has 0 aromatic heterocycles. The third kappa shape index (κ3) is 9.39. The summed E-state index contributed by atoms with van der Waals surface area (Å²) in [4.78, 5) is 43.9. The molecule has 0 radical (unpaired) electrons. The Kier molecular flexibility index (Phi) is 15.2. The topological polar surface area (TPSA) is 191 Å². The van der Waals surface area contributed by atoms with Crippen molar-refractivity contribution < 1.29 is 63.2 Å². The summed E-state index contributed by atoms with van der Waals surface area (Å²) < 4.78 is 36.1. The molecule has 5 rings (SSSR count). The minimum absolute atomic E-state index is 0.00626. The molecule has 324 valence electrons. The van der Waals surface area contributed by atoms with E-state index in [1.165, 1.54) is 19.1 Å². The highest BCUT2D eigenvalue weighted by atomic mass is 16.7. The highest BCUT2D eigenvalue weighted by Crippen LogP contribution is 2.49. The van der Waals surface area contributed by atoms with Gasteiger partial charge in [0.25, 0.3) is 5.91 Å². The van der Waals surface area contributed by atoms with Gasteiger partial charge in [-0.25, -0.2) is 4.79 Å². The van der Waals surface area contributed by atoms with Gasteiger partial charge in [0.05, 0.1) is 30.5 Å². The van der Waals surface area contributed by atoms with E-state index in [1.807, 2.05) is 32.9 Å². The smallest absolute Gasteiger partial charge is 0.329 e. The van der Waals surface area contributed by atoms with Crippen LogP contribution in [-0.4, -0.2) is 131 Å². The number of cyclic esters (lactones) is 1. The lowest BCUT2D eigenvalue weighted by Crippen LogP contribution is -2.70. The van der Waals surface area contributed by atoms with Crippen molar-refractivity contribution in [3.8, 4) is 0 Å². The first-order valence-electron chi connectivity index (χ1n) is 21.1. The number of hydrogen-bond donors (Lipinski definition) is 4. The lowest BCUT2D eigenvalue weighted by molar-refractivity contribution is -0.418. The average molecular weight is 808 g/mol. The zero-order chi connectivity index (χ0) is 42.0. The Morgan fingerprint density at radius 2 is 1.56 bits per heavy atom. The second-order valence-electron chi connectivity index (χ2n) is 17.7. The standard InChI is InChI=1S/C43H69NO13/c1-10-29-17-23(2)16-24(3)18-35(53-8)39-36(54-9)20-26(5)42(50,57-39)43(51)41(49)44-30(12-11-13-37(44)56-43)40(48)55-38(27(6)32(46)22-33(29)47)25(4)19-28-14-15-31(45)34(21-28)52-7/h17,19,24,26-32,34-39,45-46,50-51H,10-16,18,20-22H2,1-9H3/b23-17+,25-19+/t24-,26+,27+,28-,29+,30-,31+,32-,34+,35-,36-,37-,38+,39+,42+,43?/m0/s1. The molecule has 1 unspecified atom stereocenters. The van der Waals surface area contributed by atoms with Crippen LogP contribution < -0.4 is 0 Å². The van der Waals surface area contributed by atoms with Gasteiger partial charge in [-0.1, -0.05) is 45.4 Å². The van der Waals surface area contributed by atoms with Crippen LogP contribution in [0.15, 0.2) is 23.3 Å². The number of piperidine rings is 1. The third-order valence-corrected chi connectivity index (χ3v) is 13.5. The summed E-state index contributed by atoms with van der Waals surface area (Å²) in [5.74, 6) is -9.28. The van der Waals surface area contributed by atoms with Crippen molar-refractivity contribution in [1.82, 2.24) is 4.90 Å². The Morgan fingerprint density at radius 3 is 2.21 bits per heavy atom. The first-order chi connectivity index (χ1) is 26.9. The van der Waals surface area contributed by atoms with Crippen LogP contribution in [0.2, 0.25) is 0 Å². The molecule has 57 heavy (non-hydrogen) atoms. The van der Waals surface area contributed by atoms with E-state index in [0.717, 1.165) is 5.57 Å². The van der Waals surface area contributed by atoms with Crippen molar-refractivity contribution in [3.63, 3.8) is 0 Å². The first-order valence-corrected chi connectivity index (χ1v) is 21.1. The predicted molar refractivity (Wildman–Crippen MR) is 208 cm³/mol. The molecule has 0 aromatic carbocycles. The van der Waals surface area contributed by atoms with Gasteiger partial charge in [-0.05, 0) is 95.5 Å². The number of ketones is 1. The maximum absolute atomic E-state index is 14.5. The van der Waals surface area contributed by atoms with E-state index in [1.54, 1.807) is 21.0 Å². The van der Waals surface area contributed by atoms with E-state index in [0.29, 0.717) is 56.9 Å². The van der Waals surface area contributed by atoms with Crippen molar-refractivity contribution >= 4 is 17.7 Å². The van der Waals surface area contributed by atoms with E-state index in [9.17, 15) is 34.8 Å². The summed E-state index contributed by atoms with van der Waals surface area (Å²) in [5, 5.41) is 46.8. The van der Waals surface area contributed by atoms with Crippen molar-refractivity contribution in [1.29, 1.82) is 0 Å². The number of Topliss-reactive ketones (excluding diaryl/α,β-unsaturated/α-hetero) is 1. The molecule has 14 nitrogen and oxygen atoms in total. The minimum atomic E-state index is -2.86. The second kappa shape index (κ2) is 19.0. The zero-order valence-electron chi connectivity index (χ0n) is 35.4. The number of aliphatic hydroxyl groups is 4. The molecule has 0 spiro atoms. The molecule has 4 heterocycles. The molecule has 4 bridgehead atoms. The molecule has 4 aliphatic heterocycles. The number of amides is 1. The van der Waals surface area contributed by atoms with Crippen molar-refractivity contribution in [2.45, 2.75) is 179 Å². The number of hydrogen-bond acceptors (Lipinski definition) is 13. The number of carbonyl (C=O) groups excluding carboxylic acids is 3. The lowest BCUT2D eigenvalue weighted by atomic mass is 9.80. The van der Waals surface area contributed by atoms with Crippen LogP contribution in [0.3, 0.4) is 0 Å². The zero-order valence-corrected chi connectivity index (χ0v) is 35.4. The molecule has 14 heteroatoms. The van der Waals surface area contributed by atoms with Crippen molar-refractivity contribution in [2.24, 2.45) is 29.6 Å². The maximum Gasteiger partial charge on any atom is 0.329 e. The van der Waals surface area contributed by atoms with E-state index in [-0.39, 0.29) is 43.0 Å². The number of esters is 1. The molecular weight excluding hydrogens is 738 g/mol. The summed E-state index contributed by atoms with van der Waals surface area (Å²) in [6.45, 7) is 11.2. The Bertz CT molecular complexity index is 1490. The number of methoxy groups -OCH3 is 3. The highest BCUT2D eigenvalue weighted by molar-refractivity contribution is 5.91. The summed E-state index contributed by atoms with van der Waals surface area (Å²) >= 11 is 0. The normalized spacial score (nSPS) is 45.5. The molecule has 4 fully saturated rings. The summed E-state index contributed by atoms with van der Waals surface area (Å²) in [6.07, 6.45) is 2.14. The van der Waals surface area contributed by atoms with Crippen LogP contribution in [0, 0.1) is 29.6 Å². The largest absolute Gasteiger partial charge is 0.456 e. The quantitative estimate of drug-likeness (QED) is 0.223. The van der Waals surface area contributed by atoms with Crippen LogP contribution >= 0.6 is 0 Å². The lowest BCUT2D eigenvalue weighted by Gasteiger charge is -2.51. The monoisotopic (exact) mass is 807 g/mol. The Balaban J connectivity index is 1.56. The van der Waals surface area contributed by atoms with E-state index >= 15 is 0 Å². The molecule has 16 atom stereocenters. The Hall–Kier alpha value is -2.27. The predicted octanol–water partition coefficient (Wildman–Crippen LogP) is 3.95. The first kappa shape index (κ1) is 45.8. The number of ether oxygens (including phenoxy) is 6. The second-order valence-corrected chi connectivity index (χ2v) is 17.7. The van der Waals surface area contributed by atoms with Gasteiger partial charge in [-0.2, -0.15) is 0 Å². The van der Waals surface area contributed by atoms with E-state index in [4.69, 9.17) is 28.4 Å². The molecule has 3 saturated heterocycles. The van der Waals surface area contributed by atoms with Crippen LogP contribution in [-0.2, 0) is 42.8 Å². The summed E-state index contributed by atoms with van der Waals surface area (Å²) in [5.41, 5.74) is 1.65. The number of rotatable bonds is 6. The molecule has 1 saturated carbocycles. The van der Waals surface area contributed by atoms with Gasteiger partial charge >= 0.3 is 11.8 Å². The third-order valence-electron chi connectivity index (χ3n) is 13.5. The fourth-order valence-electron chi connectivity index (χ4n) is 10.1. The fourth-order valence-corrected chi connectivity index (χ4v) is 10.1. The molecule has 1 amide bonds. The molecular formula is C43H69NO13. The van der Waals surface area contributed by atoms with Crippen LogP contribution in [0.4, 0.5) is 0 Å². The molecule has 0 aromatic rings. The maximum atomic E-state index is 14.5. The number of carbonyl (C=O) groups is 3. The number of allylic oxidation sites excluding steroid dienone is 3. The van der Waals surface area contributed by atoms with Crippen LogP contribution in [0.25, 0.3) is 0 Å². The molecule has 4 N–H and O–H groups in total. The number of nitrogens with zero attached hydrogens (tertiary/aromatic N) is 1. The van der Waals surface area contributed by atoms with Crippen molar-refractivity contribution in [2.75, 3.05) is 21.3 Å². The molecule has 5 aliphatic rings. The SMILES string of the molecule is CC[C@@H]1/C=C(\C)C[C@H](C)C[C@H](OC)[C@H]2O[C@](O)([C@H](C)C[C@@H]2OC)C2(O)O[C@H]3CCC[C@@H](C(=O)O[C@H](/C(C)=C/[C@@H]4CC[C@@H](O)[C@H](OC)C4)[C@H](C)[C@@H](O)CC1=O)N3C2=O. The average Bonchev–Trinajstić information content (AvgIpc) is 3.45. The van der Waals surface area contributed by atoms with Crippen LogP contribution in [0.1, 0.15) is 112 Å². The number of fused-ring (bicyclic) bond motifs is 4. The summed E-state index contributed by atoms with van der Waals surface area (Å²) in [6, 6.07) is -1.18.